The molecular weight excluding hydrogens is 90.1 g/mol. The summed E-state index contributed by atoms with van der Waals surface area (Å²) in [6, 6.07) is 0. The van der Waals surface area contributed by atoms with Gasteiger partial charge in [-0.3, -0.25) is 0 Å². The summed E-state index contributed by atoms with van der Waals surface area (Å²) in [6.45, 7) is 3.29. The van der Waals surface area contributed by atoms with Crippen molar-refractivity contribution in [2.75, 3.05) is 20.7 Å². The third-order valence-corrected chi connectivity index (χ3v) is 0.500. The molecule has 0 aliphatic heterocycles. The molecule has 0 fully saturated rings. The molecule has 2 heteroatoms. The van der Waals surface area contributed by atoms with Crippen molar-refractivity contribution in [3.8, 4) is 0 Å². The van der Waals surface area contributed by atoms with E-state index in [9.17, 15) is 0 Å². The zero-order valence-corrected chi connectivity index (χ0v) is 5.36. The predicted molar refractivity (Wildman–Crippen MR) is 32.4 cm³/mol. The van der Waals surface area contributed by atoms with Crippen molar-refractivity contribution in [2.45, 2.75) is 13.3 Å². The van der Waals surface area contributed by atoms with Crippen LogP contribution in [0, 0.1) is 0 Å². The van der Waals surface area contributed by atoms with E-state index in [1.54, 1.807) is 0 Å². The summed E-state index contributed by atoms with van der Waals surface area (Å²) in [5.41, 5.74) is 0. The summed E-state index contributed by atoms with van der Waals surface area (Å²) in [5.74, 6) is 0. The van der Waals surface area contributed by atoms with Gasteiger partial charge in [-0.2, -0.15) is 0 Å². The van der Waals surface area contributed by atoms with Crippen molar-refractivity contribution in [1.29, 1.82) is 0 Å². The van der Waals surface area contributed by atoms with E-state index < -0.39 is 0 Å². The molecule has 0 aromatic rings. The van der Waals surface area contributed by atoms with Gasteiger partial charge in [0.05, 0.1) is 0 Å². The molecule has 0 aromatic heterocycles. The highest BCUT2D eigenvalue weighted by Gasteiger charge is 1.64. The first-order chi connectivity index (χ1) is 3.41. The second-order valence-corrected chi connectivity index (χ2v) is 1.10. The lowest BCUT2D eigenvalue weighted by Gasteiger charge is -1.84. The first kappa shape index (κ1) is 10.0. The van der Waals surface area contributed by atoms with Crippen LogP contribution < -0.4 is 5.32 Å². The van der Waals surface area contributed by atoms with Crippen LogP contribution in [0.2, 0.25) is 0 Å². The summed E-state index contributed by atoms with van der Waals surface area (Å²) >= 11 is 0. The summed E-state index contributed by atoms with van der Waals surface area (Å²) in [6.07, 6.45) is 1.23. The van der Waals surface area contributed by atoms with E-state index in [4.69, 9.17) is 5.11 Å². The van der Waals surface area contributed by atoms with E-state index in [0.29, 0.717) is 0 Å². The van der Waals surface area contributed by atoms with Crippen LogP contribution in [0.15, 0.2) is 0 Å². The smallest absolute Gasteiger partial charge is 0.0319 e. The molecule has 0 saturated heterocycles. The minimum atomic E-state index is 1.00. The molecule has 0 amide bonds. The predicted octanol–water partition coefficient (Wildman–Crippen LogP) is 0.224. The minimum Gasteiger partial charge on any atom is -0.400 e. The normalized spacial score (nSPS) is 6.86. The van der Waals surface area contributed by atoms with Gasteiger partial charge >= 0.3 is 0 Å². The Bertz CT molecular complexity index is 15.6. The second kappa shape index (κ2) is 16.8. The van der Waals surface area contributed by atoms with Gasteiger partial charge in [-0.15, -0.1) is 0 Å². The fourth-order valence-electron chi connectivity index (χ4n) is 0.250. The van der Waals surface area contributed by atoms with Gasteiger partial charge in [0.1, 0.15) is 0 Å². The Balaban J connectivity index is 0. The summed E-state index contributed by atoms with van der Waals surface area (Å²) in [7, 11) is 2.96. The number of hydrogen-bond donors (Lipinski definition) is 2. The maximum atomic E-state index is 7.00. The third kappa shape index (κ3) is 24.7. The third-order valence-electron chi connectivity index (χ3n) is 0.500. The van der Waals surface area contributed by atoms with Gasteiger partial charge in [-0.25, -0.2) is 0 Å². The average Bonchev–Trinajstić information content (AvgIpc) is 1.75. The molecule has 0 radical (unpaired) electrons. The summed E-state index contributed by atoms with van der Waals surface area (Å²) < 4.78 is 0. The van der Waals surface area contributed by atoms with Gasteiger partial charge in [-0.1, -0.05) is 6.92 Å². The lowest BCUT2D eigenvalue weighted by atomic mass is 10.5. The van der Waals surface area contributed by atoms with E-state index in [-0.39, 0.29) is 0 Å². The molecule has 46 valence electrons. The van der Waals surface area contributed by atoms with E-state index in [2.05, 4.69) is 12.2 Å². The Morgan fingerprint density at radius 1 is 1.43 bits per heavy atom. The number of hydrogen-bond acceptors (Lipinski definition) is 2. The number of aliphatic hydroxyl groups is 1. The first-order valence-electron chi connectivity index (χ1n) is 2.51. The van der Waals surface area contributed by atoms with E-state index in [1.807, 2.05) is 7.05 Å². The van der Waals surface area contributed by atoms with Gasteiger partial charge in [-0.05, 0) is 20.0 Å². The SMILES string of the molecule is CCCNC.CO. The lowest BCUT2D eigenvalue weighted by molar-refractivity contribution is 0.399. The maximum Gasteiger partial charge on any atom is 0.0319 e. The zero-order chi connectivity index (χ0) is 6.12. The Morgan fingerprint density at radius 2 is 1.86 bits per heavy atom. The molecule has 0 rings (SSSR count). The highest BCUT2D eigenvalue weighted by molar-refractivity contribution is 4.28. The van der Waals surface area contributed by atoms with Crippen LogP contribution in [0.5, 0.6) is 0 Å². The fraction of sp³-hybridized carbons (Fsp3) is 1.00. The Labute approximate surface area is 45.5 Å². The van der Waals surface area contributed by atoms with Crippen LogP contribution in [0.4, 0.5) is 0 Å². The van der Waals surface area contributed by atoms with E-state index in [0.717, 1.165) is 13.7 Å². The molecule has 0 aromatic carbocycles. The molecule has 0 aliphatic rings. The molecular formula is C5H15NO. The number of aliphatic hydroxyl groups excluding tert-OH is 1. The Morgan fingerprint density at radius 3 is 1.86 bits per heavy atom. The van der Waals surface area contributed by atoms with Crippen LogP contribution in [-0.4, -0.2) is 25.8 Å². The van der Waals surface area contributed by atoms with E-state index in [1.165, 1.54) is 6.42 Å². The van der Waals surface area contributed by atoms with Crippen LogP contribution in [0.3, 0.4) is 0 Å². The molecule has 2 nitrogen and oxygen atoms in total. The number of nitrogens with one attached hydrogen (secondary N) is 1. The van der Waals surface area contributed by atoms with Crippen molar-refractivity contribution in [2.24, 2.45) is 0 Å². The summed E-state index contributed by atoms with van der Waals surface area (Å²) in [5, 5.41) is 10.0. The van der Waals surface area contributed by atoms with Crippen molar-refractivity contribution in [3.63, 3.8) is 0 Å². The van der Waals surface area contributed by atoms with Crippen molar-refractivity contribution < 1.29 is 5.11 Å². The quantitative estimate of drug-likeness (QED) is 0.526. The molecule has 0 spiro atoms. The van der Waals surface area contributed by atoms with Gasteiger partial charge in [0.15, 0.2) is 0 Å². The van der Waals surface area contributed by atoms with Crippen molar-refractivity contribution in [1.82, 2.24) is 5.32 Å². The Hall–Kier alpha value is -0.0800. The topological polar surface area (TPSA) is 32.3 Å². The van der Waals surface area contributed by atoms with Crippen LogP contribution in [0.25, 0.3) is 0 Å². The molecule has 0 unspecified atom stereocenters. The number of rotatable bonds is 2. The molecule has 0 heterocycles. The largest absolute Gasteiger partial charge is 0.400 e. The zero-order valence-electron chi connectivity index (χ0n) is 5.36. The van der Waals surface area contributed by atoms with Crippen molar-refractivity contribution in [3.05, 3.63) is 0 Å². The maximum absolute atomic E-state index is 7.00. The second-order valence-electron chi connectivity index (χ2n) is 1.10. The summed E-state index contributed by atoms with van der Waals surface area (Å²) in [4.78, 5) is 0. The monoisotopic (exact) mass is 105 g/mol. The van der Waals surface area contributed by atoms with Crippen molar-refractivity contribution >= 4 is 0 Å². The van der Waals surface area contributed by atoms with Gasteiger partial charge in [0.25, 0.3) is 0 Å². The van der Waals surface area contributed by atoms with Gasteiger partial charge in [0.2, 0.25) is 0 Å². The molecule has 0 bridgehead atoms. The first-order valence-corrected chi connectivity index (χ1v) is 2.51. The lowest BCUT2D eigenvalue weighted by Crippen LogP contribution is -2.04. The molecule has 0 saturated carbocycles. The highest BCUT2D eigenvalue weighted by Crippen LogP contribution is 1.62. The molecule has 0 atom stereocenters. The van der Waals surface area contributed by atoms with Gasteiger partial charge in [0, 0.05) is 7.11 Å². The van der Waals surface area contributed by atoms with Crippen LogP contribution >= 0.6 is 0 Å². The van der Waals surface area contributed by atoms with Crippen LogP contribution in [-0.2, 0) is 0 Å². The Kier molecular flexibility index (Phi) is 24.1. The standard InChI is InChI=1S/C4H11N.CH4O/c1-3-4-5-2;1-2/h5H,3-4H2,1-2H3;2H,1H3. The average molecular weight is 105 g/mol. The molecule has 2 N–H and O–H groups in total. The minimum absolute atomic E-state index is 1.00. The fourth-order valence-corrected chi connectivity index (χ4v) is 0.250. The van der Waals surface area contributed by atoms with Gasteiger partial charge < -0.3 is 10.4 Å². The molecule has 0 aliphatic carbocycles. The highest BCUT2D eigenvalue weighted by atomic mass is 16.2. The van der Waals surface area contributed by atoms with Crippen LogP contribution in [0.1, 0.15) is 13.3 Å². The van der Waals surface area contributed by atoms with E-state index >= 15 is 0 Å². The molecule has 7 heavy (non-hydrogen) atoms.